The zero-order valence-electron chi connectivity index (χ0n) is 62.5. The van der Waals surface area contributed by atoms with E-state index in [4.69, 9.17) is 37.0 Å². The third kappa shape index (κ3) is 71.2. The van der Waals surface area contributed by atoms with Crippen molar-refractivity contribution in [2.75, 3.05) is 39.6 Å². The molecule has 98 heavy (non-hydrogen) atoms. The molecule has 2 unspecified atom stereocenters. The first-order valence-electron chi connectivity index (χ1n) is 39.5. The minimum atomic E-state index is -4.97. The van der Waals surface area contributed by atoms with Gasteiger partial charge in [-0.3, -0.25) is 37.3 Å². The Morgan fingerprint density at radius 2 is 0.500 bits per heavy atom. The third-order valence-electron chi connectivity index (χ3n) is 17.0. The molecule has 0 aromatic rings. The highest BCUT2D eigenvalue weighted by atomic mass is 31.2. The van der Waals surface area contributed by atoms with Gasteiger partial charge < -0.3 is 33.8 Å². The molecule has 0 radical (unpaired) electrons. The van der Waals surface area contributed by atoms with E-state index in [1.165, 1.54) is 128 Å². The van der Waals surface area contributed by atoms with Gasteiger partial charge in [0.1, 0.15) is 19.3 Å². The number of rotatable bonds is 75. The lowest BCUT2D eigenvalue weighted by Crippen LogP contribution is -2.30. The van der Waals surface area contributed by atoms with Crippen molar-refractivity contribution >= 4 is 39.5 Å². The molecule has 17 nitrogen and oxygen atoms in total. The molecule has 0 aromatic heterocycles. The van der Waals surface area contributed by atoms with E-state index in [9.17, 15) is 43.2 Å². The van der Waals surface area contributed by atoms with Gasteiger partial charge in [0.25, 0.3) is 0 Å². The maximum Gasteiger partial charge on any atom is 0.472 e. The zero-order chi connectivity index (χ0) is 71.8. The molecule has 3 N–H and O–H groups in total. The minimum absolute atomic E-state index is 0.0792. The molecule has 0 aliphatic carbocycles. The summed E-state index contributed by atoms with van der Waals surface area (Å²) < 4.78 is 68.5. The number of unbranched alkanes of at least 4 members (excludes halogenated alkanes) is 40. The van der Waals surface area contributed by atoms with Gasteiger partial charge in [0.15, 0.2) is 12.2 Å². The summed E-state index contributed by atoms with van der Waals surface area (Å²) in [4.78, 5) is 72.9. The Bertz CT molecular complexity index is 2100. The Morgan fingerprint density at radius 3 is 0.776 bits per heavy atom. The van der Waals surface area contributed by atoms with Crippen LogP contribution in [0.2, 0.25) is 0 Å². The number of phosphoric acid groups is 2. The quantitative estimate of drug-likeness (QED) is 0.0128. The Kier molecular flexibility index (Phi) is 69.7. The van der Waals surface area contributed by atoms with Crippen molar-refractivity contribution in [3.05, 3.63) is 60.8 Å². The molecule has 0 fully saturated rings. The average Bonchev–Trinajstić information content (AvgIpc) is 0.984. The molecule has 0 spiro atoms. The summed E-state index contributed by atoms with van der Waals surface area (Å²) in [6.45, 7) is 4.84. The molecule has 0 saturated heterocycles. The molecule has 0 bridgehead atoms. The number of aliphatic hydroxyl groups excluding tert-OH is 1. The van der Waals surface area contributed by atoms with Crippen LogP contribution in [0, 0.1) is 0 Å². The number of aliphatic hydroxyl groups is 1. The molecule has 572 valence electrons. The van der Waals surface area contributed by atoms with Crippen LogP contribution in [0.3, 0.4) is 0 Å². The number of hydrogen-bond donors (Lipinski definition) is 3. The van der Waals surface area contributed by atoms with Crippen molar-refractivity contribution in [3.8, 4) is 0 Å². The smallest absolute Gasteiger partial charge is 0.462 e. The molecular formula is C79H144O17P2. The second-order valence-electron chi connectivity index (χ2n) is 26.7. The lowest BCUT2D eigenvalue weighted by Gasteiger charge is -2.21. The fourth-order valence-corrected chi connectivity index (χ4v) is 12.4. The van der Waals surface area contributed by atoms with E-state index < -0.39 is 97.5 Å². The number of carbonyl (C=O) groups excluding carboxylic acids is 4. The third-order valence-corrected chi connectivity index (χ3v) is 18.9. The molecule has 19 heteroatoms. The molecule has 0 rings (SSSR count). The Morgan fingerprint density at radius 1 is 0.286 bits per heavy atom. The topological polar surface area (TPSA) is 237 Å². The molecule has 0 amide bonds. The minimum Gasteiger partial charge on any atom is -0.462 e. The van der Waals surface area contributed by atoms with Gasteiger partial charge in [0, 0.05) is 25.7 Å². The normalized spacial score (nSPS) is 14.2. The van der Waals surface area contributed by atoms with Crippen LogP contribution in [0.25, 0.3) is 0 Å². The van der Waals surface area contributed by atoms with E-state index in [0.29, 0.717) is 25.7 Å². The molecule has 0 heterocycles. The fourth-order valence-electron chi connectivity index (χ4n) is 10.8. The van der Waals surface area contributed by atoms with Gasteiger partial charge in [-0.05, 0) is 128 Å². The first kappa shape index (κ1) is 94.8. The first-order chi connectivity index (χ1) is 47.7. The van der Waals surface area contributed by atoms with Gasteiger partial charge in [-0.15, -0.1) is 0 Å². The highest BCUT2D eigenvalue weighted by Crippen LogP contribution is 2.45. The zero-order valence-corrected chi connectivity index (χ0v) is 64.3. The van der Waals surface area contributed by atoms with Gasteiger partial charge in [-0.2, -0.15) is 0 Å². The van der Waals surface area contributed by atoms with Crippen LogP contribution in [0.1, 0.15) is 362 Å². The number of carbonyl (C=O) groups is 4. The number of phosphoric ester groups is 2. The summed E-state index contributed by atoms with van der Waals surface area (Å²) >= 11 is 0. The van der Waals surface area contributed by atoms with Gasteiger partial charge in [0.05, 0.1) is 26.4 Å². The van der Waals surface area contributed by atoms with Crippen molar-refractivity contribution in [1.29, 1.82) is 0 Å². The maximum absolute atomic E-state index is 13.1. The summed E-state index contributed by atoms with van der Waals surface area (Å²) in [6, 6.07) is 0. The van der Waals surface area contributed by atoms with Crippen molar-refractivity contribution in [2.24, 2.45) is 0 Å². The predicted molar refractivity (Wildman–Crippen MR) is 400 cm³/mol. The van der Waals surface area contributed by atoms with E-state index in [2.05, 4.69) is 88.5 Å². The van der Waals surface area contributed by atoms with Crippen LogP contribution >= 0.6 is 15.6 Å². The van der Waals surface area contributed by atoms with Crippen molar-refractivity contribution < 1.29 is 80.2 Å². The van der Waals surface area contributed by atoms with Crippen molar-refractivity contribution in [1.82, 2.24) is 0 Å². The summed E-state index contributed by atoms with van der Waals surface area (Å²) in [6.07, 6.45) is 70.5. The Balaban J connectivity index is 5.35. The molecular weight excluding hydrogens is 1280 g/mol. The number of hydrogen-bond acceptors (Lipinski definition) is 15. The molecule has 0 aliphatic rings. The lowest BCUT2D eigenvalue weighted by atomic mass is 10.1. The largest absolute Gasteiger partial charge is 0.472 e. The first-order valence-corrected chi connectivity index (χ1v) is 42.5. The van der Waals surface area contributed by atoms with Crippen molar-refractivity contribution in [2.45, 2.75) is 380 Å². The maximum atomic E-state index is 13.1. The number of allylic oxidation sites excluding steroid dienone is 10. The van der Waals surface area contributed by atoms with Gasteiger partial charge in [0.2, 0.25) is 0 Å². The number of ether oxygens (including phenoxy) is 4. The van der Waals surface area contributed by atoms with Crippen LogP contribution in [0.5, 0.6) is 0 Å². The predicted octanol–water partition coefficient (Wildman–Crippen LogP) is 22.7. The van der Waals surface area contributed by atoms with E-state index in [1.54, 1.807) is 0 Å². The lowest BCUT2D eigenvalue weighted by molar-refractivity contribution is -0.161. The second-order valence-corrected chi connectivity index (χ2v) is 29.6. The summed E-state index contributed by atoms with van der Waals surface area (Å²) in [5.41, 5.74) is 0. The van der Waals surface area contributed by atoms with Crippen LogP contribution in [-0.2, 0) is 65.4 Å². The van der Waals surface area contributed by atoms with E-state index in [1.807, 2.05) is 0 Å². The van der Waals surface area contributed by atoms with E-state index in [-0.39, 0.29) is 25.7 Å². The Labute approximate surface area is 597 Å². The van der Waals surface area contributed by atoms with E-state index in [0.717, 1.165) is 154 Å². The monoisotopic (exact) mass is 1430 g/mol. The molecule has 0 aromatic carbocycles. The Hall–Kier alpha value is -3.24. The summed E-state index contributed by atoms with van der Waals surface area (Å²) in [7, 11) is -9.95. The van der Waals surface area contributed by atoms with Gasteiger partial charge in [-0.1, -0.05) is 268 Å². The summed E-state index contributed by atoms with van der Waals surface area (Å²) in [5.74, 6) is -2.19. The van der Waals surface area contributed by atoms with Crippen LogP contribution < -0.4 is 0 Å². The molecule has 0 aliphatic heterocycles. The fraction of sp³-hybridized carbons (Fsp3) is 0.823. The highest BCUT2D eigenvalue weighted by Gasteiger charge is 2.30. The van der Waals surface area contributed by atoms with E-state index >= 15 is 0 Å². The standard InChI is InChI=1S/C79H144O17P2/c1-5-9-13-17-21-25-29-33-36-40-43-47-51-55-59-63-76(81)89-69-74(95-78(83)65-61-57-53-49-45-39-32-28-24-20-16-12-8-4)71-93-97(85,86)91-67-73(80)68-92-98(87,88)94-72-75(96-79(84)66-62-58-54-50-46-42-38-35-31-27-23-19-15-11-7-3)70-90-77(82)64-60-56-52-48-44-41-37-34-30-26-22-18-14-10-6-2/h27-28,31-38,73-75,80H,5-26,29-30,39-72H2,1-4H3,(H,85,86)(H,87,88)/b31-27-,32-28-,36-33-,37-34-,38-35-/t73-,74-,75-/m1/s1. The van der Waals surface area contributed by atoms with Crippen LogP contribution in [0.15, 0.2) is 60.8 Å². The van der Waals surface area contributed by atoms with Gasteiger partial charge in [-0.25, -0.2) is 9.13 Å². The summed E-state index contributed by atoms with van der Waals surface area (Å²) in [5, 5.41) is 10.6. The van der Waals surface area contributed by atoms with Crippen LogP contribution in [0.4, 0.5) is 0 Å². The SMILES string of the molecule is CCCCCC/C=C\C=C/CCCCCCCC(=O)O[C@H](COC(=O)CCCCCCC/C=C\CCCCCCCC)COP(=O)(O)OC[C@H](O)COP(=O)(O)OC[C@@H](COC(=O)CCCCCCC/C=C\CCCCCCCC)OC(=O)CCCCCCC/C=C\CCCCCC. The van der Waals surface area contributed by atoms with Gasteiger partial charge >= 0.3 is 39.5 Å². The molecule has 5 atom stereocenters. The highest BCUT2D eigenvalue weighted by molar-refractivity contribution is 7.47. The average molecular weight is 1430 g/mol. The van der Waals surface area contributed by atoms with Crippen LogP contribution in [-0.4, -0.2) is 96.7 Å². The second kappa shape index (κ2) is 72.1. The number of esters is 4. The van der Waals surface area contributed by atoms with Crippen molar-refractivity contribution in [3.63, 3.8) is 0 Å². The molecule has 0 saturated carbocycles.